The van der Waals surface area contributed by atoms with Crippen LogP contribution in [0.15, 0.2) is 83.8 Å². The van der Waals surface area contributed by atoms with Crippen molar-refractivity contribution in [2.45, 2.75) is 44.4 Å². The van der Waals surface area contributed by atoms with Gasteiger partial charge in [0.1, 0.15) is 0 Å². The lowest BCUT2D eigenvalue weighted by Crippen LogP contribution is -2.28. The summed E-state index contributed by atoms with van der Waals surface area (Å²) in [4.78, 5) is 19.0. The fourth-order valence-corrected chi connectivity index (χ4v) is 6.40. The van der Waals surface area contributed by atoms with Gasteiger partial charge in [-0.15, -0.1) is 11.3 Å². The molecule has 0 unspecified atom stereocenters. The lowest BCUT2D eigenvalue weighted by molar-refractivity contribution is 0.102. The number of benzene rings is 3. The average Bonchev–Trinajstić information content (AvgIpc) is 3.34. The number of nitrogens with zero attached hydrogens (tertiary/aromatic N) is 2. The van der Waals surface area contributed by atoms with E-state index in [1.54, 1.807) is 19.2 Å². The molecular formula is C30H33N3O3S2. The quantitative estimate of drug-likeness (QED) is 0.217. The van der Waals surface area contributed by atoms with E-state index in [1.807, 2.05) is 25.1 Å². The molecule has 0 spiro atoms. The fourth-order valence-electron chi connectivity index (χ4n) is 4.11. The second-order valence-corrected chi connectivity index (χ2v) is 12.3. The molecule has 3 aromatic carbocycles. The highest BCUT2D eigenvalue weighted by atomic mass is 32.2. The lowest BCUT2D eigenvalue weighted by atomic mass is 10.0. The molecule has 1 N–H and O–H groups in total. The van der Waals surface area contributed by atoms with Crippen LogP contribution in [0.1, 0.15) is 48.3 Å². The van der Waals surface area contributed by atoms with Gasteiger partial charge in [0, 0.05) is 29.6 Å². The minimum absolute atomic E-state index is 0.174. The number of anilines is 1. The van der Waals surface area contributed by atoms with Gasteiger partial charge < -0.3 is 0 Å². The summed E-state index contributed by atoms with van der Waals surface area (Å²) in [5.41, 5.74) is 4.55. The SMILES string of the molecule is CCCCN(C)S(=O)(=O)c1ccc(C(=O)Nc2nc(-c3ccc(-c4ccccc4)cc3)c(CCC)s2)cc1. The summed E-state index contributed by atoms with van der Waals surface area (Å²) in [6.07, 6.45) is 3.54. The zero-order valence-corrected chi connectivity index (χ0v) is 23.6. The number of carbonyl (C=O) groups is 1. The molecule has 38 heavy (non-hydrogen) atoms. The minimum Gasteiger partial charge on any atom is -0.298 e. The number of aromatic nitrogens is 1. The molecule has 198 valence electrons. The number of sulfonamides is 1. The number of unbranched alkanes of at least 4 members (excludes halogenated alkanes) is 1. The van der Waals surface area contributed by atoms with Gasteiger partial charge in [0.25, 0.3) is 5.91 Å². The van der Waals surface area contributed by atoms with Crippen LogP contribution in [0, 0.1) is 0 Å². The summed E-state index contributed by atoms with van der Waals surface area (Å²) in [5.74, 6) is -0.323. The molecule has 1 heterocycles. The molecule has 0 aliphatic carbocycles. The summed E-state index contributed by atoms with van der Waals surface area (Å²) in [6, 6.07) is 24.6. The number of amides is 1. The topological polar surface area (TPSA) is 79.4 Å². The Morgan fingerprint density at radius 1 is 0.868 bits per heavy atom. The molecule has 0 bridgehead atoms. The zero-order valence-electron chi connectivity index (χ0n) is 22.0. The number of rotatable bonds is 11. The summed E-state index contributed by atoms with van der Waals surface area (Å²) >= 11 is 1.48. The van der Waals surface area contributed by atoms with Crippen LogP contribution in [0.3, 0.4) is 0 Å². The van der Waals surface area contributed by atoms with Crippen LogP contribution in [-0.4, -0.2) is 37.2 Å². The number of nitrogens with one attached hydrogen (secondary N) is 1. The summed E-state index contributed by atoms with van der Waals surface area (Å²) < 4.78 is 26.9. The lowest BCUT2D eigenvalue weighted by Gasteiger charge is -2.16. The Bertz CT molecular complexity index is 1460. The number of hydrogen-bond acceptors (Lipinski definition) is 5. The zero-order chi connectivity index (χ0) is 27.1. The predicted molar refractivity (Wildman–Crippen MR) is 156 cm³/mol. The highest BCUT2D eigenvalue weighted by Gasteiger charge is 2.21. The predicted octanol–water partition coefficient (Wildman–Crippen LogP) is 7.10. The van der Waals surface area contributed by atoms with Crippen molar-refractivity contribution in [1.82, 2.24) is 9.29 Å². The van der Waals surface area contributed by atoms with Crippen LogP contribution < -0.4 is 5.32 Å². The maximum atomic E-state index is 13.0. The molecule has 4 aromatic rings. The third-order valence-electron chi connectivity index (χ3n) is 6.31. The summed E-state index contributed by atoms with van der Waals surface area (Å²) in [7, 11) is -2.00. The number of thiazole rings is 1. The van der Waals surface area contributed by atoms with E-state index in [0.717, 1.165) is 52.9 Å². The average molecular weight is 548 g/mol. The van der Waals surface area contributed by atoms with Gasteiger partial charge in [-0.3, -0.25) is 10.1 Å². The first-order valence-corrected chi connectivity index (χ1v) is 15.1. The van der Waals surface area contributed by atoms with Crippen molar-refractivity contribution in [3.8, 4) is 22.4 Å². The maximum absolute atomic E-state index is 13.0. The van der Waals surface area contributed by atoms with E-state index in [0.29, 0.717) is 17.2 Å². The molecule has 4 rings (SSSR count). The third kappa shape index (κ3) is 6.38. The Balaban J connectivity index is 1.51. The van der Waals surface area contributed by atoms with Gasteiger partial charge in [0.05, 0.1) is 10.6 Å². The first kappa shape index (κ1) is 27.7. The first-order valence-electron chi connectivity index (χ1n) is 12.9. The molecular weight excluding hydrogens is 514 g/mol. The fraction of sp³-hybridized carbons (Fsp3) is 0.267. The Labute approximate surface area is 229 Å². The van der Waals surface area contributed by atoms with E-state index in [-0.39, 0.29) is 10.8 Å². The van der Waals surface area contributed by atoms with E-state index in [9.17, 15) is 13.2 Å². The Morgan fingerprint density at radius 3 is 2.13 bits per heavy atom. The van der Waals surface area contributed by atoms with Gasteiger partial charge in [0.15, 0.2) is 5.13 Å². The highest BCUT2D eigenvalue weighted by Crippen LogP contribution is 2.33. The highest BCUT2D eigenvalue weighted by molar-refractivity contribution is 7.89. The van der Waals surface area contributed by atoms with Gasteiger partial charge in [-0.2, -0.15) is 0 Å². The van der Waals surface area contributed by atoms with Crippen molar-refractivity contribution < 1.29 is 13.2 Å². The summed E-state index contributed by atoms with van der Waals surface area (Å²) in [5, 5.41) is 3.43. The number of hydrogen-bond donors (Lipinski definition) is 1. The van der Waals surface area contributed by atoms with E-state index >= 15 is 0 Å². The molecule has 1 amide bonds. The Hall–Kier alpha value is -3.33. The molecule has 6 nitrogen and oxygen atoms in total. The van der Waals surface area contributed by atoms with E-state index in [2.05, 4.69) is 48.6 Å². The molecule has 1 aromatic heterocycles. The molecule has 0 aliphatic heterocycles. The van der Waals surface area contributed by atoms with Crippen LogP contribution in [0.5, 0.6) is 0 Å². The van der Waals surface area contributed by atoms with Gasteiger partial charge in [0.2, 0.25) is 10.0 Å². The molecule has 0 saturated carbocycles. The van der Waals surface area contributed by atoms with E-state index < -0.39 is 10.0 Å². The minimum atomic E-state index is -3.58. The number of aryl methyl sites for hydroxylation is 1. The molecule has 0 aliphatic rings. The van der Waals surface area contributed by atoms with Gasteiger partial charge in [-0.05, 0) is 48.2 Å². The Morgan fingerprint density at radius 2 is 1.50 bits per heavy atom. The van der Waals surface area contributed by atoms with Crippen molar-refractivity contribution >= 4 is 32.4 Å². The van der Waals surface area contributed by atoms with Gasteiger partial charge >= 0.3 is 0 Å². The monoisotopic (exact) mass is 547 g/mol. The third-order valence-corrected chi connectivity index (χ3v) is 9.21. The van der Waals surface area contributed by atoms with Crippen LogP contribution >= 0.6 is 11.3 Å². The van der Waals surface area contributed by atoms with Crippen LogP contribution in [0.25, 0.3) is 22.4 Å². The smallest absolute Gasteiger partial charge is 0.257 e. The maximum Gasteiger partial charge on any atom is 0.257 e. The normalized spacial score (nSPS) is 11.6. The Kier molecular flexibility index (Phi) is 9.09. The van der Waals surface area contributed by atoms with Crippen molar-refractivity contribution in [2.24, 2.45) is 0 Å². The number of carbonyl (C=O) groups excluding carboxylic acids is 1. The molecule has 0 radical (unpaired) electrons. The van der Waals surface area contributed by atoms with Crippen LogP contribution in [0.2, 0.25) is 0 Å². The first-order chi connectivity index (χ1) is 18.3. The largest absolute Gasteiger partial charge is 0.298 e. The standard InChI is InChI=1S/C30H33N3O3S2/c1-4-6-21-33(3)38(35,36)26-19-17-25(18-20-26)29(34)32-30-31-28(27(37-30)10-5-2)24-15-13-23(14-16-24)22-11-8-7-9-12-22/h7-9,11-20H,4-6,10,21H2,1-3H3,(H,31,32,34). The van der Waals surface area contributed by atoms with Crippen molar-refractivity contribution in [1.29, 1.82) is 0 Å². The molecule has 0 saturated heterocycles. The molecule has 0 fully saturated rings. The van der Waals surface area contributed by atoms with Crippen molar-refractivity contribution in [3.05, 3.63) is 89.3 Å². The van der Waals surface area contributed by atoms with E-state index in [4.69, 9.17) is 4.98 Å². The summed E-state index contributed by atoms with van der Waals surface area (Å²) in [6.45, 7) is 4.60. The van der Waals surface area contributed by atoms with Gasteiger partial charge in [-0.1, -0.05) is 81.3 Å². The van der Waals surface area contributed by atoms with Crippen molar-refractivity contribution in [3.63, 3.8) is 0 Å². The molecule has 0 atom stereocenters. The second-order valence-electron chi connectivity index (χ2n) is 9.14. The van der Waals surface area contributed by atoms with Crippen molar-refractivity contribution in [2.75, 3.05) is 18.9 Å². The van der Waals surface area contributed by atoms with Gasteiger partial charge in [-0.25, -0.2) is 17.7 Å². The van der Waals surface area contributed by atoms with E-state index in [1.165, 1.54) is 27.8 Å². The van der Waals surface area contributed by atoms with Crippen LogP contribution in [-0.2, 0) is 16.4 Å². The van der Waals surface area contributed by atoms with Crippen LogP contribution in [0.4, 0.5) is 5.13 Å². The second kappa shape index (κ2) is 12.5. The molecule has 8 heteroatoms.